The first kappa shape index (κ1) is 21.4. The molecule has 0 fully saturated rings. The number of ether oxygens (including phenoxy) is 1. The minimum Gasteiger partial charge on any atom is -0.465 e. The number of rotatable bonds is 8. The van der Waals surface area contributed by atoms with Crippen molar-refractivity contribution in [1.29, 1.82) is 0 Å². The van der Waals surface area contributed by atoms with Crippen LogP contribution in [0.3, 0.4) is 0 Å². The van der Waals surface area contributed by atoms with Crippen molar-refractivity contribution in [3.63, 3.8) is 0 Å². The molecule has 1 atom stereocenters. The fourth-order valence-corrected chi connectivity index (χ4v) is 3.67. The van der Waals surface area contributed by atoms with E-state index in [2.05, 4.69) is 14.8 Å². The molecule has 2 rings (SSSR count). The molecule has 150 valence electrons. The summed E-state index contributed by atoms with van der Waals surface area (Å²) in [5, 5.41) is 2.83. The van der Waals surface area contributed by atoms with Crippen LogP contribution in [0.15, 0.2) is 48.5 Å². The average molecular weight is 404 g/mol. The Labute approximate surface area is 165 Å². The largest absolute Gasteiger partial charge is 0.465 e. The highest BCUT2D eigenvalue weighted by Crippen LogP contribution is 2.19. The van der Waals surface area contributed by atoms with Gasteiger partial charge in [-0.2, -0.15) is 0 Å². The molecule has 0 bridgehead atoms. The number of methoxy groups -OCH3 is 1. The Bertz CT molecular complexity index is 939. The number of benzene rings is 2. The Balaban J connectivity index is 2.16. The molecule has 0 aliphatic carbocycles. The van der Waals surface area contributed by atoms with Gasteiger partial charge in [0.05, 0.1) is 29.7 Å². The molecule has 2 N–H and O–H groups in total. The molecule has 0 unspecified atom stereocenters. The van der Waals surface area contributed by atoms with Crippen LogP contribution in [0.4, 0.5) is 5.69 Å². The molecule has 0 saturated carbocycles. The molecule has 0 aliphatic heterocycles. The number of sulfonamides is 1. The van der Waals surface area contributed by atoms with Crippen molar-refractivity contribution in [3.05, 3.63) is 65.2 Å². The van der Waals surface area contributed by atoms with Gasteiger partial charge in [0.15, 0.2) is 0 Å². The van der Waals surface area contributed by atoms with E-state index in [1.807, 2.05) is 13.8 Å². The summed E-state index contributed by atoms with van der Waals surface area (Å²) < 4.78 is 32.2. The molecule has 1 amide bonds. The van der Waals surface area contributed by atoms with E-state index >= 15 is 0 Å². The number of nitrogens with one attached hydrogen (secondary N) is 2. The Morgan fingerprint density at radius 3 is 2.32 bits per heavy atom. The predicted octanol–water partition coefficient (Wildman–Crippen LogP) is 2.94. The van der Waals surface area contributed by atoms with E-state index in [4.69, 9.17) is 0 Å². The summed E-state index contributed by atoms with van der Waals surface area (Å²) in [6, 6.07) is 12.5. The number of hydrogen-bond donors (Lipinski definition) is 2. The zero-order valence-corrected chi connectivity index (χ0v) is 16.9. The Morgan fingerprint density at radius 1 is 1.07 bits per heavy atom. The lowest BCUT2D eigenvalue weighted by atomic mass is 10.1. The quantitative estimate of drug-likeness (QED) is 0.659. The molecule has 2 aromatic rings. The molecule has 0 radical (unpaired) electrons. The van der Waals surface area contributed by atoms with Gasteiger partial charge < -0.3 is 10.1 Å². The fraction of sp³-hybridized carbons (Fsp3) is 0.300. The number of para-hydroxylation sites is 1. The summed E-state index contributed by atoms with van der Waals surface area (Å²) in [6.45, 7) is 3.83. The number of amides is 1. The van der Waals surface area contributed by atoms with Crippen molar-refractivity contribution < 1.29 is 22.7 Å². The smallest absolute Gasteiger partial charge is 0.337 e. The van der Waals surface area contributed by atoms with Gasteiger partial charge in [0.1, 0.15) is 0 Å². The first-order valence-corrected chi connectivity index (χ1v) is 10.5. The highest BCUT2D eigenvalue weighted by molar-refractivity contribution is 7.91. The number of hydrogen-bond acceptors (Lipinski definition) is 5. The van der Waals surface area contributed by atoms with Crippen LogP contribution in [0.2, 0.25) is 0 Å². The minimum atomic E-state index is -3.76. The second-order valence-corrected chi connectivity index (χ2v) is 8.10. The number of carbonyl (C=O) groups excluding carboxylic acids is 2. The standard InChI is InChI=1S/C20H24N2O5S/c1-4-14(2)21-19(23)17-7-5-6-8-18(17)22-28(25,26)13-15-9-11-16(12-10-15)20(24)27-3/h5-12,14,22H,4,13H2,1-3H3,(H,21,23)/t14-/m0/s1. The molecule has 0 heterocycles. The van der Waals surface area contributed by atoms with Gasteiger partial charge in [-0.15, -0.1) is 0 Å². The van der Waals surface area contributed by atoms with Crippen molar-refractivity contribution in [2.75, 3.05) is 11.8 Å². The van der Waals surface area contributed by atoms with Gasteiger partial charge in [-0.3, -0.25) is 9.52 Å². The van der Waals surface area contributed by atoms with Crippen LogP contribution in [0.1, 0.15) is 46.5 Å². The lowest BCUT2D eigenvalue weighted by molar-refractivity contribution is 0.0600. The van der Waals surface area contributed by atoms with E-state index in [-0.39, 0.29) is 29.0 Å². The average Bonchev–Trinajstić information content (AvgIpc) is 2.67. The number of esters is 1. The van der Waals surface area contributed by atoms with E-state index in [0.717, 1.165) is 6.42 Å². The van der Waals surface area contributed by atoms with Gasteiger partial charge in [-0.05, 0) is 43.2 Å². The van der Waals surface area contributed by atoms with Crippen LogP contribution in [0, 0.1) is 0 Å². The third-order valence-electron chi connectivity index (χ3n) is 4.16. The molecule has 0 spiro atoms. The van der Waals surface area contributed by atoms with Gasteiger partial charge in [-0.25, -0.2) is 13.2 Å². The van der Waals surface area contributed by atoms with Crippen molar-refractivity contribution in [2.45, 2.75) is 32.1 Å². The molecule has 2 aromatic carbocycles. The molecule has 0 aliphatic rings. The van der Waals surface area contributed by atoms with Crippen LogP contribution in [-0.2, 0) is 20.5 Å². The van der Waals surface area contributed by atoms with E-state index in [9.17, 15) is 18.0 Å². The summed E-state index contributed by atoms with van der Waals surface area (Å²) in [7, 11) is -2.49. The Hall–Kier alpha value is -2.87. The van der Waals surface area contributed by atoms with Crippen LogP contribution < -0.4 is 10.0 Å². The number of anilines is 1. The second-order valence-electron chi connectivity index (χ2n) is 6.38. The molecule has 0 saturated heterocycles. The van der Waals surface area contributed by atoms with E-state index in [1.165, 1.54) is 19.2 Å². The monoisotopic (exact) mass is 404 g/mol. The summed E-state index contributed by atoms with van der Waals surface area (Å²) in [4.78, 5) is 23.9. The molecule has 8 heteroatoms. The third-order valence-corrected chi connectivity index (χ3v) is 5.40. The molecule has 0 aromatic heterocycles. The first-order chi connectivity index (χ1) is 13.3. The van der Waals surface area contributed by atoms with Gasteiger partial charge in [0.2, 0.25) is 10.0 Å². The highest BCUT2D eigenvalue weighted by atomic mass is 32.2. The first-order valence-electron chi connectivity index (χ1n) is 8.83. The van der Waals surface area contributed by atoms with Gasteiger partial charge in [-0.1, -0.05) is 31.2 Å². The number of carbonyl (C=O) groups is 2. The maximum absolute atomic E-state index is 12.6. The molecule has 7 nitrogen and oxygen atoms in total. The minimum absolute atomic E-state index is 0.0227. The summed E-state index contributed by atoms with van der Waals surface area (Å²) in [5.74, 6) is -1.13. The zero-order chi connectivity index (χ0) is 20.7. The fourth-order valence-electron chi connectivity index (χ4n) is 2.45. The van der Waals surface area contributed by atoms with E-state index in [1.54, 1.807) is 36.4 Å². The van der Waals surface area contributed by atoms with Crippen molar-refractivity contribution in [1.82, 2.24) is 5.32 Å². The van der Waals surface area contributed by atoms with Crippen molar-refractivity contribution >= 4 is 27.6 Å². The van der Waals surface area contributed by atoms with E-state index < -0.39 is 16.0 Å². The molecular formula is C20H24N2O5S. The predicted molar refractivity (Wildman–Crippen MR) is 108 cm³/mol. The topological polar surface area (TPSA) is 102 Å². The van der Waals surface area contributed by atoms with Crippen molar-refractivity contribution in [3.8, 4) is 0 Å². The highest BCUT2D eigenvalue weighted by Gasteiger charge is 2.18. The summed E-state index contributed by atoms with van der Waals surface area (Å²) >= 11 is 0. The lowest BCUT2D eigenvalue weighted by Crippen LogP contribution is -2.32. The van der Waals surface area contributed by atoms with Gasteiger partial charge in [0.25, 0.3) is 5.91 Å². The van der Waals surface area contributed by atoms with Crippen LogP contribution in [-0.4, -0.2) is 33.4 Å². The molecule has 28 heavy (non-hydrogen) atoms. The van der Waals surface area contributed by atoms with Crippen LogP contribution in [0.25, 0.3) is 0 Å². The zero-order valence-electron chi connectivity index (χ0n) is 16.1. The summed E-state index contributed by atoms with van der Waals surface area (Å²) in [6.07, 6.45) is 0.765. The second kappa shape index (κ2) is 9.36. The Morgan fingerprint density at radius 2 is 1.71 bits per heavy atom. The maximum atomic E-state index is 12.6. The van der Waals surface area contributed by atoms with Crippen LogP contribution >= 0.6 is 0 Å². The summed E-state index contributed by atoms with van der Waals surface area (Å²) in [5.41, 5.74) is 1.31. The van der Waals surface area contributed by atoms with E-state index in [0.29, 0.717) is 11.1 Å². The normalized spacial score (nSPS) is 12.1. The van der Waals surface area contributed by atoms with Gasteiger partial charge >= 0.3 is 5.97 Å². The van der Waals surface area contributed by atoms with Crippen molar-refractivity contribution in [2.24, 2.45) is 0 Å². The third kappa shape index (κ3) is 5.82. The Kier molecular flexibility index (Phi) is 7.17. The lowest BCUT2D eigenvalue weighted by Gasteiger charge is -2.15. The molecular weight excluding hydrogens is 380 g/mol. The maximum Gasteiger partial charge on any atom is 0.337 e. The SMILES string of the molecule is CC[C@H](C)NC(=O)c1ccccc1NS(=O)(=O)Cc1ccc(C(=O)OC)cc1. The van der Waals surface area contributed by atoms with Crippen LogP contribution in [0.5, 0.6) is 0 Å². The van der Waals surface area contributed by atoms with Gasteiger partial charge in [0, 0.05) is 6.04 Å².